The van der Waals surface area contributed by atoms with Crippen LogP contribution in [0.2, 0.25) is 0 Å². The summed E-state index contributed by atoms with van der Waals surface area (Å²) < 4.78 is 5.35. The van der Waals surface area contributed by atoms with Crippen LogP contribution in [0.15, 0.2) is 24.3 Å². The number of nitrogens with zero attached hydrogens (tertiary/aromatic N) is 3. The summed E-state index contributed by atoms with van der Waals surface area (Å²) in [6, 6.07) is 6.29. The third kappa shape index (κ3) is 11.5. The molecule has 6 rings (SSSR count). The van der Waals surface area contributed by atoms with Crippen molar-refractivity contribution in [1.82, 2.24) is 25.5 Å². The highest BCUT2D eigenvalue weighted by atomic mass is 16.5. The summed E-state index contributed by atoms with van der Waals surface area (Å²) in [5.74, 6) is -1.88. The maximum absolute atomic E-state index is 13.2. The number of piperidine rings is 1. The Morgan fingerprint density at radius 1 is 0.917 bits per heavy atom. The lowest BCUT2D eigenvalue weighted by Gasteiger charge is -2.43. The second kappa shape index (κ2) is 20.1. The van der Waals surface area contributed by atoms with Gasteiger partial charge in [-0.2, -0.15) is 0 Å². The number of hydrogen-bond acceptors (Lipinski definition) is 12. The molecule has 0 spiro atoms. The average Bonchev–Trinajstić information content (AvgIpc) is 3.22. The lowest BCUT2D eigenvalue weighted by molar-refractivity contribution is -0.167. The fraction of sp³-hybridized carbons (Fsp3) is 0.651. The first-order valence-electron chi connectivity index (χ1n) is 21.5. The van der Waals surface area contributed by atoms with E-state index in [4.69, 9.17) is 14.7 Å². The highest BCUT2D eigenvalue weighted by Gasteiger charge is 2.47. The Bertz CT molecular complexity index is 1870. The fourth-order valence-electron chi connectivity index (χ4n) is 9.09. The summed E-state index contributed by atoms with van der Waals surface area (Å²) in [5.41, 5.74) is 0.836. The largest absolute Gasteiger partial charge is 0.481 e. The minimum absolute atomic E-state index is 0.00994. The van der Waals surface area contributed by atoms with Crippen LogP contribution in [0.5, 0.6) is 0 Å². The molecule has 1 aliphatic carbocycles. The molecule has 0 bridgehead atoms. The SMILES string of the molecule is COC1CN(C(=O)CCCCc2ccc3c(n2)NC(CC(=O)NC(C(=O)O)[C@]2(O)CC[C@H](C(=O)NCCCc4ccc5c(n4)NCCC5)CC2)CC3)CC[C@@]1(O)CC(=O)O. The number of fused-ring (bicyclic) bond motifs is 2. The third-order valence-electron chi connectivity index (χ3n) is 12.7. The Labute approximate surface area is 350 Å². The number of amides is 3. The van der Waals surface area contributed by atoms with Crippen molar-refractivity contribution in [2.45, 2.75) is 139 Å². The van der Waals surface area contributed by atoms with Crippen LogP contribution in [0.1, 0.15) is 106 Å². The zero-order chi connectivity index (χ0) is 42.9. The fourth-order valence-corrected chi connectivity index (χ4v) is 9.09. The molecular weight excluding hydrogens is 775 g/mol. The molecule has 2 aromatic heterocycles. The van der Waals surface area contributed by atoms with Gasteiger partial charge in [0, 0.05) is 69.5 Å². The highest BCUT2D eigenvalue weighted by molar-refractivity contribution is 5.85. The molecule has 2 fully saturated rings. The number of pyridine rings is 2. The number of carboxylic acid groups (broad SMARTS) is 2. The number of likely N-dealkylation sites (tertiary alicyclic amines) is 1. The van der Waals surface area contributed by atoms with E-state index < -0.39 is 47.6 Å². The van der Waals surface area contributed by atoms with Crippen molar-refractivity contribution in [2.24, 2.45) is 5.92 Å². The molecule has 17 nitrogen and oxygen atoms in total. The maximum Gasteiger partial charge on any atom is 0.329 e. The molecule has 5 heterocycles. The third-order valence-corrected chi connectivity index (χ3v) is 12.7. The molecular formula is C43H61N7O10. The molecule has 3 aliphatic heterocycles. The summed E-state index contributed by atoms with van der Waals surface area (Å²) in [6.07, 6.45) is 6.76. The molecule has 1 saturated carbocycles. The van der Waals surface area contributed by atoms with E-state index >= 15 is 0 Å². The van der Waals surface area contributed by atoms with Crippen LogP contribution in [-0.2, 0) is 54.4 Å². The molecule has 1 saturated heterocycles. The topological polar surface area (TPSA) is 253 Å². The van der Waals surface area contributed by atoms with Gasteiger partial charge in [-0.1, -0.05) is 12.1 Å². The van der Waals surface area contributed by atoms with Crippen molar-refractivity contribution in [3.05, 3.63) is 46.8 Å². The van der Waals surface area contributed by atoms with Gasteiger partial charge in [-0.25, -0.2) is 14.8 Å². The molecule has 60 heavy (non-hydrogen) atoms. The lowest BCUT2D eigenvalue weighted by atomic mass is 9.74. The molecule has 4 aliphatic rings. The van der Waals surface area contributed by atoms with Gasteiger partial charge in [0.2, 0.25) is 17.7 Å². The van der Waals surface area contributed by atoms with E-state index in [2.05, 4.69) is 27.3 Å². The Morgan fingerprint density at radius 3 is 2.32 bits per heavy atom. The van der Waals surface area contributed by atoms with E-state index in [0.29, 0.717) is 63.7 Å². The Morgan fingerprint density at radius 2 is 1.62 bits per heavy atom. The number of nitrogens with one attached hydrogen (secondary N) is 4. The first kappa shape index (κ1) is 44.7. The summed E-state index contributed by atoms with van der Waals surface area (Å²) in [7, 11) is 1.40. The van der Waals surface area contributed by atoms with E-state index in [1.165, 1.54) is 12.7 Å². The molecule has 17 heteroatoms. The van der Waals surface area contributed by atoms with Gasteiger partial charge in [0.25, 0.3) is 0 Å². The summed E-state index contributed by atoms with van der Waals surface area (Å²) >= 11 is 0. The standard InChI is InChI=1S/C43H61N7O10/c1-60-33-26-50(23-20-43(33,59)25-36(53)54)35(52)9-3-2-7-30-14-11-28-12-15-32(48-39(28)47-30)24-34(51)49-37(41(56)57)42(58)18-16-29(17-19-42)40(55)45-22-5-8-31-13-10-27-6-4-21-44-38(27)46-31/h10-11,13-14,29,32-33,37,58-59H,2-9,12,15-26H2,1H3,(H,44,46)(H,45,55)(H,47,48)(H,49,51)(H,53,54)(H,56,57)/t29-,32?,33?,37?,42-,43-/m1/s1. The van der Waals surface area contributed by atoms with Gasteiger partial charge < -0.3 is 51.3 Å². The monoisotopic (exact) mass is 835 g/mol. The highest BCUT2D eigenvalue weighted by Crippen LogP contribution is 2.35. The van der Waals surface area contributed by atoms with E-state index in [1.54, 1.807) is 4.90 Å². The van der Waals surface area contributed by atoms with Gasteiger partial charge in [-0.3, -0.25) is 19.2 Å². The number of aromatic nitrogens is 2. The zero-order valence-electron chi connectivity index (χ0n) is 34.5. The zero-order valence-corrected chi connectivity index (χ0v) is 34.5. The van der Waals surface area contributed by atoms with Gasteiger partial charge in [0.15, 0.2) is 6.04 Å². The molecule has 0 aromatic carbocycles. The van der Waals surface area contributed by atoms with Crippen molar-refractivity contribution in [3.8, 4) is 0 Å². The van der Waals surface area contributed by atoms with Crippen molar-refractivity contribution in [2.75, 3.05) is 43.9 Å². The first-order valence-corrected chi connectivity index (χ1v) is 21.5. The van der Waals surface area contributed by atoms with Crippen molar-refractivity contribution < 1.29 is 49.1 Å². The molecule has 4 atom stereocenters. The lowest BCUT2D eigenvalue weighted by Crippen LogP contribution is -2.59. The van der Waals surface area contributed by atoms with Crippen LogP contribution >= 0.6 is 0 Å². The Hall–Kier alpha value is -4.87. The molecule has 8 N–H and O–H groups in total. The number of ether oxygens (including phenoxy) is 1. The number of aryl methyl sites for hydroxylation is 4. The summed E-state index contributed by atoms with van der Waals surface area (Å²) in [6.45, 7) is 1.80. The van der Waals surface area contributed by atoms with E-state index in [1.807, 2.05) is 18.2 Å². The minimum atomic E-state index is -1.69. The normalized spacial score (nSPS) is 25.4. The smallest absolute Gasteiger partial charge is 0.329 e. The Kier molecular flexibility index (Phi) is 15.0. The van der Waals surface area contributed by atoms with Crippen LogP contribution in [0.3, 0.4) is 0 Å². The van der Waals surface area contributed by atoms with Crippen LogP contribution in [0, 0.1) is 5.92 Å². The van der Waals surface area contributed by atoms with E-state index in [-0.39, 0.29) is 62.5 Å². The number of anilines is 2. The van der Waals surface area contributed by atoms with E-state index in [0.717, 1.165) is 55.0 Å². The molecule has 3 unspecified atom stereocenters. The first-order chi connectivity index (χ1) is 28.7. The van der Waals surface area contributed by atoms with Gasteiger partial charge in [-0.05, 0) is 113 Å². The van der Waals surface area contributed by atoms with Crippen LogP contribution in [-0.4, -0.2) is 128 Å². The number of hydrogen-bond donors (Lipinski definition) is 8. The van der Waals surface area contributed by atoms with Gasteiger partial charge in [0.05, 0.1) is 12.0 Å². The van der Waals surface area contributed by atoms with Crippen molar-refractivity contribution in [3.63, 3.8) is 0 Å². The summed E-state index contributed by atoms with van der Waals surface area (Å²) in [4.78, 5) is 73.9. The molecule has 328 valence electrons. The molecule has 2 aromatic rings. The van der Waals surface area contributed by atoms with Crippen molar-refractivity contribution in [1.29, 1.82) is 0 Å². The molecule has 3 amide bonds. The van der Waals surface area contributed by atoms with Crippen LogP contribution < -0.4 is 21.3 Å². The number of aliphatic carboxylic acids is 2. The number of unbranched alkanes of at least 4 members (excludes halogenated alkanes) is 1. The van der Waals surface area contributed by atoms with Crippen LogP contribution in [0.4, 0.5) is 11.6 Å². The van der Waals surface area contributed by atoms with E-state index in [9.17, 15) is 44.4 Å². The second-order valence-electron chi connectivity index (χ2n) is 17.0. The average molecular weight is 836 g/mol. The quantitative estimate of drug-likeness (QED) is 0.100. The van der Waals surface area contributed by atoms with Crippen LogP contribution in [0.25, 0.3) is 0 Å². The van der Waals surface area contributed by atoms with Gasteiger partial charge >= 0.3 is 11.9 Å². The number of methoxy groups -OCH3 is 1. The predicted octanol–water partition coefficient (Wildman–Crippen LogP) is 2.36. The van der Waals surface area contributed by atoms with Crippen molar-refractivity contribution >= 4 is 41.3 Å². The minimum Gasteiger partial charge on any atom is -0.481 e. The van der Waals surface area contributed by atoms with Gasteiger partial charge in [0.1, 0.15) is 23.3 Å². The number of rotatable bonds is 18. The number of carboxylic acids is 2. The molecule has 0 radical (unpaired) electrons. The predicted molar refractivity (Wildman–Crippen MR) is 220 cm³/mol. The van der Waals surface area contributed by atoms with Gasteiger partial charge in [-0.15, -0.1) is 0 Å². The Balaban J connectivity index is 0.901. The number of aliphatic hydroxyl groups is 2. The second-order valence-corrected chi connectivity index (χ2v) is 17.0. The number of carbonyl (C=O) groups is 5. The summed E-state index contributed by atoms with van der Waals surface area (Å²) in [5, 5.41) is 53.8. The number of carbonyl (C=O) groups excluding carboxylic acids is 3. The maximum atomic E-state index is 13.2.